The number of methoxy groups -OCH3 is 1. The van der Waals surface area contributed by atoms with Crippen molar-refractivity contribution in [2.75, 3.05) is 38.8 Å². The zero-order valence-electron chi connectivity index (χ0n) is 9.35. The quantitative estimate of drug-likeness (QED) is 0.612. The largest absolute Gasteiger partial charge is 0.385 e. The van der Waals surface area contributed by atoms with Crippen LogP contribution in [0.25, 0.3) is 0 Å². The van der Waals surface area contributed by atoms with Crippen LogP contribution in [0.3, 0.4) is 0 Å². The van der Waals surface area contributed by atoms with Crippen LogP contribution in [0, 0.1) is 5.41 Å². The van der Waals surface area contributed by atoms with Crippen molar-refractivity contribution in [1.29, 1.82) is 0 Å². The lowest BCUT2D eigenvalue weighted by molar-refractivity contribution is 0.151. The van der Waals surface area contributed by atoms with Crippen molar-refractivity contribution in [3.63, 3.8) is 0 Å². The molecule has 0 aliphatic rings. The molecule has 0 fully saturated rings. The number of ether oxygens (including phenoxy) is 1. The fourth-order valence-corrected chi connectivity index (χ4v) is 1.42. The van der Waals surface area contributed by atoms with Crippen LogP contribution in [-0.2, 0) is 4.74 Å². The molecule has 0 spiro atoms. The van der Waals surface area contributed by atoms with Gasteiger partial charge in [-0.05, 0) is 18.1 Å². The minimum Gasteiger partial charge on any atom is -0.385 e. The van der Waals surface area contributed by atoms with Crippen LogP contribution in [-0.4, -0.2) is 38.8 Å². The molecule has 0 aromatic carbocycles. The molecule has 0 saturated heterocycles. The highest BCUT2D eigenvalue weighted by atomic mass is 32.2. The zero-order valence-corrected chi connectivity index (χ0v) is 10.2. The van der Waals surface area contributed by atoms with Gasteiger partial charge in [0.1, 0.15) is 0 Å². The molecule has 13 heavy (non-hydrogen) atoms. The van der Waals surface area contributed by atoms with Gasteiger partial charge in [-0.2, -0.15) is 11.8 Å². The molecular weight excluding hydrogens is 182 g/mol. The lowest BCUT2D eigenvalue weighted by Gasteiger charge is -2.24. The van der Waals surface area contributed by atoms with Crippen LogP contribution < -0.4 is 5.32 Å². The summed E-state index contributed by atoms with van der Waals surface area (Å²) < 4.78 is 5.07. The van der Waals surface area contributed by atoms with Gasteiger partial charge in [0.15, 0.2) is 0 Å². The number of hydrogen-bond acceptors (Lipinski definition) is 3. The molecule has 0 unspecified atom stereocenters. The Morgan fingerprint density at radius 2 is 2.08 bits per heavy atom. The second kappa shape index (κ2) is 7.65. The third-order valence-corrected chi connectivity index (χ3v) is 2.68. The molecule has 0 bridgehead atoms. The highest BCUT2D eigenvalue weighted by Gasteiger charge is 2.16. The first kappa shape index (κ1) is 13.3. The smallest absolute Gasteiger partial charge is 0.0467 e. The molecule has 0 aliphatic heterocycles. The molecule has 80 valence electrons. The van der Waals surface area contributed by atoms with Gasteiger partial charge in [-0.15, -0.1) is 0 Å². The van der Waals surface area contributed by atoms with E-state index >= 15 is 0 Å². The molecule has 0 amide bonds. The molecule has 0 aliphatic carbocycles. The van der Waals surface area contributed by atoms with E-state index in [1.807, 2.05) is 11.8 Å². The molecule has 0 aromatic heterocycles. The number of thioether (sulfide) groups is 1. The van der Waals surface area contributed by atoms with Gasteiger partial charge in [0, 0.05) is 32.6 Å². The minimum atomic E-state index is 0.356. The summed E-state index contributed by atoms with van der Waals surface area (Å²) in [6.07, 6.45) is 3.26. The van der Waals surface area contributed by atoms with Gasteiger partial charge in [-0.1, -0.05) is 13.8 Å². The predicted octanol–water partition coefficient (Wildman–Crippen LogP) is 2.00. The Hall–Kier alpha value is 0.270. The average Bonchev–Trinajstić information content (AvgIpc) is 2.09. The van der Waals surface area contributed by atoms with E-state index in [-0.39, 0.29) is 0 Å². The Kier molecular flexibility index (Phi) is 7.81. The van der Waals surface area contributed by atoms with Gasteiger partial charge in [0.2, 0.25) is 0 Å². The number of rotatable bonds is 8. The normalized spacial score (nSPS) is 12.0. The molecule has 0 saturated carbocycles. The Labute approximate surface area is 86.8 Å². The Balaban J connectivity index is 3.39. The first-order valence-corrected chi connectivity index (χ1v) is 6.20. The van der Waals surface area contributed by atoms with Crippen LogP contribution in [0.2, 0.25) is 0 Å². The first-order valence-electron chi connectivity index (χ1n) is 4.81. The predicted molar refractivity (Wildman–Crippen MR) is 61.5 cm³/mol. The van der Waals surface area contributed by atoms with Gasteiger partial charge in [-0.25, -0.2) is 0 Å². The lowest BCUT2D eigenvalue weighted by Crippen LogP contribution is -2.31. The van der Waals surface area contributed by atoms with Gasteiger partial charge in [0.25, 0.3) is 0 Å². The standard InChI is InChI=1S/C10H23NOS/c1-10(2,5-7-12-3)9-11-6-8-13-4/h11H,5-9H2,1-4H3. The van der Waals surface area contributed by atoms with Crippen molar-refractivity contribution in [1.82, 2.24) is 5.32 Å². The maximum absolute atomic E-state index is 5.07. The summed E-state index contributed by atoms with van der Waals surface area (Å²) in [4.78, 5) is 0. The molecule has 3 heteroatoms. The van der Waals surface area contributed by atoms with Crippen LogP contribution in [0.15, 0.2) is 0 Å². The van der Waals surface area contributed by atoms with Crippen LogP contribution in [0.1, 0.15) is 20.3 Å². The van der Waals surface area contributed by atoms with Crippen molar-refractivity contribution in [3.8, 4) is 0 Å². The summed E-state index contributed by atoms with van der Waals surface area (Å²) in [6, 6.07) is 0. The lowest BCUT2D eigenvalue weighted by atomic mass is 9.90. The molecule has 0 heterocycles. The van der Waals surface area contributed by atoms with E-state index < -0.39 is 0 Å². The highest BCUT2D eigenvalue weighted by Crippen LogP contribution is 2.18. The van der Waals surface area contributed by atoms with Crippen LogP contribution in [0.5, 0.6) is 0 Å². The highest BCUT2D eigenvalue weighted by molar-refractivity contribution is 7.98. The number of hydrogen-bond donors (Lipinski definition) is 1. The molecule has 0 atom stereocenters. The minimum absolute atomic E-state index is 0.356. The van der Waals surface area contributed by atoms with E-state index in [1.54, 1.807) is 7.11 Å². The van der Waals surface area contributed by atoms with Crippen molar-refractivity contribution in [2.24, 2.45) is 5.41 Å². The Morgan fingerprint density at radius 1 is 1.38 bits per heavy atom. The fraction of sp³-hybridized carbons (Fsp3) is 1.00. The molecule has 0 rings (SSSR count). The van der Waals surface area contributed by atoms with Crippen molar-refractivity contribution in [3.05, 3.63) is 0 Å². The second-order valence-electron chi connectivity index (χ2n) is 4.08. The first-order chi connectivity index (χ1) is 6.12. The van der Waals surface area contributed by atoms with Crippen LogP contribution >= 0.6 is 11.8 Å². The Bertz CT molecular complexity index is 117. The fourth-order valence-electron chi connectivity index (χ4n) is 1.07. The number of nitrogens with one attached hydrogen (secondary N) is 1. The SMILES string of the molecule is COCCC(C)(C)CNCCSC. The maximum atomic E-state index is 5.07. The third-order valence-electron chi connectivity index (χ3n) is 2.07. The van der Waals surface area contributed by atoms with E-state index in [0.29, 0.717) is 5.41 Å². The van der Waals surface area contributed by atoms with Crippen molar-refractivity contribution >= 4 is 11.8 Å². The molecule has 0 aromatic rings. The van der Waals surface area contributed by atoms with Crippen LogP contribution in [0.4, 0.5) is 0 Å². The molecule has 1 N–H and O–H groups in total. The second-order valence-corrected chi connectivity index (χ2v) is 5.06. The zero-order chi connectivity index (χ0) is 10.2. The average molecular weight is 205 g/mol. The van der Waals surface area contributed by atoms with Gasteiger partial charge in [0.05, 0.1) is 0 Å². The van der Waals surface area contributed by atoms with Gasteiger partial charge in [-0.3, -0.25) is 0 Å². The Morgan fingerprint density at radius 3 is 2.62 bits per heavy atom. The third kappa shape index (κ3) is 8.60. The van der Waals surface area contributed by atoms with Crippen molar-refractivity contribution < 1.29 is 4.74 Å². The molecule has 0 radical (unpaired) electrons. The van der Waals surface area contributed by atoms with Gasteiger partial charge >= 0.3 is 0 Å². The summed E-state index contributed by atoms with van der Waals surface area (Å²) in [7, 11) is 1.76. The van der Waals surface area contributed by atoms with E-state index in [1.165, 1.54) is 5.75 Å². The summed E-state index contributed by atoms with van der Waals surface area (Å²) >= 11 is 1.88. The topological polar surface area (TPSA) is 21.3 Å². The van der Waals surface area contributed by atoms with E-state index in [2.05, 4.69) is 25.4 Å². The van der Waals surface area contributed by atoms with Crippen molar-refractivity contribution in [2.45, 2.75) is 20.3 Å². The molecular formula is C10H23NOS. The van der Waals surface area contributed by atoms with E-state index in [4.69, 9.17) is 4.74 Å². The van der Waals surface area contributed by atoms with E-state index in [0.717, 1.165) is 26.1 Å². The summed E-state index contributed by atoms with van der Waals surface area (Å²) in [6.45, 7) is 7.60. The monoisotopic (exact) mass is 205 g/mol. The van der Waals surface area contributed by atoms with Gasteiger partial charge < -0.3 is 10.1 Å². The molecule has 2 nitrogen and oxygen atoms in total. The summed E-state index contributed by atoms with van der Waals surface area (Å²) in [5, 5.41) is 3.46. The van der Waals surface area contributed by atoms with E-state index in [9.17, 15) is 0 Å². The maximum Gasteiger partial charge on any atom is 0.0467 e. The summed E-state index contributed by atoms with van der Waals surface area (Å²) in [5.41, 5.74) is 0.356. The summed E-state index contributed by atoms with van der Waals surface area (Å²) in [5.74, 6) is 1.19.